The average molecular weight is 324 g/mol. The lowest BCUT2D eigenvalue weighted by molar-refractivity contribution is 1.31. The molecule has 0 fully saturated rings. The second kappa shape index (κ2) is 5.07. The van der Waals surface area contributed by atoms with Crippen LogP contribution < -0.4 is 0 Å². The molecule has 0 aliphatic heterocycles. The molecule has 2 rings (SSSR count). The Morgan fingerprint density at radius 2 is 1.17 bits per heavy atom. The maximum absolute atomic E-state index is 6.38. The molecular formula is C16H16BrCl. The molecular weight excluding hydrogens is 308 g/mol. The van der Waals surface area contributed by atoms with Gasteiger partial charge in [0.1, 0.15) is 0 Å². The van der Waals surface area contributed by atoms with Crippen LogP contribution in [0.3, 0.4) is 0 Å². The fourth-order valence-electron chi connectivity index (χ4n) is 1.97. The summed E-state index contributed by atoms with van der Waals surface area (Å²) in [5, 5.41) is 0.807. The molecule has 0 nitrogen and oxygen atoms in total. The second-order valence-corrected chi connectivity index (χ2v) is 6.09. The van der Waals surface area contributed by atoms with Gasteiger partial charge in [0.15, 0.2) is 0 Å². The van der Waals surface area contributed by atoms with E-state index in [0.717, 1.165) is 20.6 Å². The summed E-state index contributed by atoms with van der Waals surface area (Å²) in [5.41, 5.74) is 7.30. The third-order valence-corrected chi connectivity index (χ3v) is 4.43. The van der Waals surface area contributed by atoms with Crippen LogP contribution in [0.1, 0.15) is 22.3 Å². The summed E-state index contributed by atoms with van der Waals surface area (Å²) in [7, 11) is 0. The molecule has 0 aliphatic carbocycles. The first-order valence-electron chi connectivity index (χ1n) is 5.94. The van der Waals surface area contributed by atoms with E-state index in [-0.39, 0.29) is 0 Å². The van der Waals surface area contributed by atoms with Crippen molar-refractivity contribution in [1.82, 2.24) is 0 Å². The number of aryl methyl sites for hydroxylation is 4. The third kappa shape index (κ3) is 2.48. The van der Waals surface area contributed by atoms with Gasteiger partial charge in [-0.2, -0.15) is 0 Å². The lowest BCUT2D eigenvalue weighted by atomic mass is 9.97. The minimum Gasteiger partial charge on any atom is -0.0837 e. The fraction of sp³-hybridized carbons (Fsp3) is 0.250. The predicted octanol–water partition coefficient (Wildman–Crippen LogP) is 6.00. The molecule has 0 saturated carbocycles. The van der Waals surface area contributed by atoms with E-state index in [9.17, 15) is 0 Å². The number of benzene rings is 2. The molecule has 0 saturated heterocycles. The van der Waals surface area contributed by atoms with E-state index in [1.807, 2.05) is 6.07 Å². The molecule has 0 spiro atoms. The second-order valence-electron chi connectivity index (χ2n) is 4.83. The highest BCUT2D eigenvalue weighted by Crippen LogP contribution is 2.36. The van der Waals surface area contributed by atoms with Crippen molar-refractivity contribution in [3.8, 4) is 11.1 Å². The Bertz CT molecular complexity index is 559. The topological polar surface area (TPSA) is 0 Å². The Hall–Kier alpha value is -0.790. The monoisotopic (exact) mass is 322 g/mol. The van der Waals surface area contributed by atoms with Gasteiger partial charge in [0.25, 0.3) is 0 Å². The molecule has 0 amide bonds. The fourth-order valence-corrected chi connectivity index (χ4v) is 2.97. The van der Waals surface area contributed by atoms with Gasteiger partial charge < -0.3 is 0 Å². The highest BCUT2D eigenvalue weighted by atomic mass is 79.9. The van der Waals surface area contributed by atoms with Gasteiger partial charge in [0.05, 0.1) is 0 Å². The summed E-state index contributed by atoms with van der Waals surface area (Å²) in [4.78, 5) is 0. The van der Waals surface area contributed by atoms with Gasteiger partial charge >= 0.3 is 0 Å². The van der Waals surface area contributed by atoms with Crippen molar-refractivity contribution >= 4 is 27.5 Å². The third-order valence-electron chi connectivity index (χ3n) is 3.46. The molecule has 2 aromatic rings. The first-order chi connectivity index (χ1) is 8.40. The molecule has 0 aliphatic rings. The van der Waals surface area contributed by atoms with E-state index < -0.39 is 0 Å². The van der Waals surface area contributed by atoms with Crippen LogP contribution in [0.15, 0.2) is 28.7 Å². The molecule has 0 aromatic heterocycles. The maximum Gasteiger partial charge on any atom is 0.0487 e. The van der Waals surface area contributed by atoms with Crippen LogP contribution in [-0.2, 0) is 0 Å². The van der Waals surface area contributed by atoms with Crippen molar-refractivity contribution < 1.29 is 0 Å². The van der Waals surface area contributed by atoms with E-state index >= 15 is 0 Å². The van der Waals surface area contributed by atoms with Crippen molar-refractivity contribution in [3.63, 3.8) is 0 Å². The van der Waals surface area contributed by atoms with Crippen molar-refractivity contribution in [3.05, 3.63) is 56.0 Å². The number of hydrogen-bond acceptors (Lipinski definition) is 0. The molecule has 0 bridgehead atoms. The van der Waals surface area contributed by atoms with Crippen LogP contribution in [0.25, 0.3) is 11.1 Å². The maximum atomic E-state index is 6.38. The highest BCUT2D eigenvalue weighted by Gasteiger charge is 2.10. The van der Waals surface area contributed by atoms with Gasteiger partial charge in [-0.25, -0.2) is 0 Å². The van der Waals surface area contributed by atoms with E-state index in [4.69, 9.17) is 11.6 Å². The van der Waals surface area contributed by atoms with Gasteiger partial charge in [-0.3, -0.25) is 0 Å². The molecule has 18 heavy (non-hydrogen) atoms. The zero-order valence-electron chi connectivity index (χ0n) is 11.1. The van der Waals surface area contributed by atoms with Crippen LogP contribution in [-0.4, -0.2) is 0 Å². The summed E-state index contributed by atoms with van der Waals surface area (Å²) >= 11 is 10.0. The summed E-state index contributed by atoms with van der Waals surface area (Å²) in [6.45, 7) is 8.44. The standard InChI is InChI=1S/C16H16BrCl/c1-9-5-13(15(17)7-11(9)3)14-6-10(2)12(4)8-16(14)18/h5-8H,1-4H3. The SMILES string of the molecule is Cc1cc(Cl)c(-c2cc(C)c(C)cc2Br)cc1C. The van der Waals surface area contributed by atoms with Gasteiger partial charge in [-0.15, -0.1) is 0 Å². The Morgan fingerprint density at radius 1 is 0.722 bits per heavy atom. The van der Waals surface area contributed by atoms with Gasteiger partial charge in [0.2, 0.25) is 0 Å². The largest absolute Gasteiger partial charge is 0.0837 e. The smallest absolute Gasteiger partial charge is 0.0487 e. The lowest BCUT2D eigenvalue weighted by Crippen LogP contribution is -1.90. The van der Waals surface area contributed by atoms with Crippen molar-refractivity contribution in [2.24, 2.45) is 0 Å². The molecule has 0 N–H and O–H groups in total. The molecule has 0 radical (unpaired) electrons. The Morgan fingerprint density at radius 3 is 1.78 bits per heavy atom. The van der Waals surface area contributed by atoms with E-state index in [1.165, 1.54) is 22.3 Å². The summed E-state index contributed by atoms with van der Waals surface area (Å²) in [6, 6.07) is 8.53. The van der Waals surface area contributed by atoms with Crippen LogP contribution in [0.5, 0.6) is 0 Å². The minimum absolute atomic E-state index is 0.807. The number of hydrogen-bond donors (Lipinski definition) is 0. The highest BCUT2D eigenvalue weighted by molar-refractivity contribution is 9.10. The van der Waals surface area contributed by atoms with Crippen molar-refractivity contribution in [2.45, 2.75) is 27.7 Å². The van der Waals surface area contributed by atoms with E-state index in [0.29, 0.717) is 0 Å². The zero-order chi connectivity index (χ0) is 13.4. The van der Waals surface area contributed by atoms with Crippen LogP contribution in [0, 0.1) is 27.7 Å². The van der Waals surface area contributed by atoms with E-state index in [1.54, 1.807) is 0 Å². The number of halogens is 2. The van der Waals surface area contributed by atoms with Gasteiger partial charge in [-0.05, 0) is 79.8 Å². The van der Waals surface area contributed by atoms with Crippen molar-refractivity contribution in [2.75, 3.05) is 0 Å². The summed E-state index contributed by atoms with van der Waals surface area (Å²) < 4.78 is 1.09. The van der Waals surface area contributed by atoms with Crippen LogP contribution in [0.2, 0.25) is 5.02 Å². The summed E-state index contributed by atoms with van der Waals surface area (Å²) in [5.74, 6) is 0. The first-order valence-corrected chi connectivity index (χ1v) is 7.11. The quantitative estimate of drug-likeness (QED) is 0.603. The average Bonchev–Trinajstić information content (AvgIpc) is 2.29. The van der Waals surface area contributed by atoms with Crippen molar-refractivity contribution in [1.29, 1.82) is 0 Å². The first kappa shape index (κ1) is 13.6. The van der Waals surface area contributed by atoms with Gasteiger partial charge in [0, 0.05) is 15.1 Å². The molecule has 0 heterocycles. The zero-order valence-corrected chi connectivity index (χ0v) is 13.4. The summed E-state index contributed by atoms with van der Waals surface area (Å²) in [6.07, 6.45) is 0. The van der Waals surface area contributed by atoms with Gasteiger partial charge in [-0.1, -0.05) is 27.5 Å². The number of rotatable bonds is 1. The Kier molecular flexibility index (Phi) is 3.84. The lowest BCUT2D eigenvalue weighted by Gasteiger charge is -2.12. The Balaban J connectivity index is 2.69. The molecule has 94 valence electrons. The molecule has 0 atom stereocenters. The Labute approximate surface area is 122 Å². The van der Waals surface area contributed by atoms with Crippen LogP contribution >= 0.6 is 27.5 Å². The molecule has 2 heteroatoms. The van der Waals surface area contributed by atoms with E-state index in [2.05, 4.69) is 61.8 Å². The normalized spacial score (nSPS) is 10.8. The molecule has 0 unspecified atom stereocenters. The minimum atomic E-state index is 0.807. The predicted molar refractivity (Wildman–Crippen MR) is 83.5 cm³/mol. The molecule has 2 aromatic carbocycles. The van der Waals surface area contributed by atoms with Crippen LogP contribution in [0.4, 0.5) is 0 Å².